The van der Waals surface area contributed by atoms with Crippen molar-refractivity contribution in [3.05, 3.63) is 29.8 Å². The molecule has 13 heavy (non-hydrogen) atoms. The number of amides is 1. The Kier molecular flexibility index (Phi) is 3.88. The fourth-order valence-corrected chi connectivity index (χ4v) is 1.35. The first-order chi connectivity index (χ1) is 5.92. The predicted octanol–water partition coefficient (Wildman–Crippen LogP) is 0.774. The smallest absolute Gasteiger partial charge is 0.124 e. The van der Waals surface area contributed by atoms with Crippen molar-refractivity contribution in [1.82, 2.24) is 5.32 Å². The maximum atomic E-state index is 10.1. The van der Waals surface area contributed by atoms with E-state index in [9.17, 15) is 4.79 Å². The Balaban J connectivity index is 0.000000845. The van der Waals surface area contributed by atoms with Crippen molar-refractivity contribution in [2.45, 2.75) is 6.04 Å². The van der Waals surface area contributed by atoms with Gasteiger partial charge in [0, 0.05) is 38.3 Å². The van der Waals surface area contributed by atoms with Gasteiger partial charge in [-0.3, -0.25) is 0 Å². The van der Waals surface area contributed by atoms with Crippen LogP contribution in [0.3, 0.4) is 0 Å². The Bertz CT molecular complexity index is 303. The molecule has 1 aromatic carbocycles. The summed E-state index contributed by atoms with van der Waals surface area (Å²) in [6.45, 7) is 0.509. The molecule has 0 aromatic heterocycles. The van der Waals surface area contributed by atoms with Crippen molar-refractivity contribution in [1.29, 1.82) is 0 Å². The average molecular weight is 251 g/mol. The molecule has 0 saturated carbocycles. The largest absolute Gasteiger partial charge is 0.521 e. The number of carbonyl (C=O) groups excluding carboxylic acids is 1. The van der Waals surface area contributed by atoms with Gasteiger partial charge in [-0.25, -0.2) is 0 Å². The molecule has 0 aliphatic carbocycles. The molecule has 4 heteroatoms. The summed E-state index contributed by atoms with van der Waals surface area (Å²) in [5.41, 5.74) is 1.03. The summed E-state index contributed by atoms with van der Waals surface area (Å²) < 4.78 is 5.32. The summed E-state index contributed by atoms with van der Waals surface area (Å²) in [6.07, 6.45) is 1.67. The van der Waals surface area contributed by atoms with Crippen LogP contribution in [0.25, 0.3) is 0 Å². The molecule has 1 aliphatic heterocycles. The quantitative estimate of drug-likeness (QED) is 0.623. The minimum Gasteiger partial charge on any atom is -0.521 e. The molecule has 65 valence electrons. The molecule has 1 N–H and O–H groups in total. The first-order valence-electron chi connectivity index (χ1n) is 3.76. The first kappa shape index (κ1) is 10.7. The molecule has 1 aromatic rings. The normalized spacial score (nSPS) is 18.0. The van der Waals surface area contributed by atoms with E-state index >= 15 is 0 Å². The fraction of sp³-hybridized carbons (Fsp3) is 0.222. The Morgan fingerprint density at radius 2 is 2.23 bits per heavy atom. The maximum Gasteiger partial charge on any atom is 0.124 e. The van der Waals surface area contributed by atoms with Gasteiger partial charge in [-0.15, -0.1) is 0 Å². The second-order valence-electron chi connectivity index (χ2n) is 2.65. The number of nitrogens with one attached hydrogen (secondary N) is 1. The third-order valence-corrected chi connectivity index (χ3v) is 1.93. The number of benzene rings is 1. The van der Waals surface area contributed by atoms with Crippen LogP contribution in [0.15, 0.2) is 24.3 Å². The zero-order chi connectivity index (χ0) is 8.39. The van der Waals surface area contributed by atoms with Crippen LogP contribution >= 0.6 is 0 Å². The summed E-state index contributed by atoms with van der Waals surface area (Å²) in [5.74, 6) is 0.852. The Labute approximate surface area is 102 Å². The molecule has 1 heterocycles. The zero-order valence-electron chi connectivity index (χ0n) is 6.99. The first-order valence-corrected chi connectivity index (χ1v) is 3.76. The summed E-state index contributed by atoms with van der Waals surface area (Å²) in [4.78, 5) is 10.1. The van der Waals surface area contributed by atoms with E-state index in [1.165, 1.54) is 0 Å². The van der Waals surface area contributed by atoms with Crippen LogP contribution in [0.4, 0.5) is 0 Å². The van der Waals surface area contributed by atoms with Crippen LogP contribution in [0.5, 0.6) is 5.75 Å². The minimum absolute atomic E-state index is 0. The van der Waals surface area contributed by atoms with Crippen LogP contribution in [-0.2, 0) is 37.5 Å². The van der Waals surface area contributed by atoms with E-state index < -0.39 is 0 Å². The van der Waals surface area contributed by atoms with E-state index in [2.05, 4.69) is 5.32 Å². The maximum absolute atomic E-state index is 10.1. The Hall–Kier alpha value is -0.406. The van der Waals surface area contributed by atoms with Gasteiger partial charge in [0.15, 0.2) is 0 Å². The van der Waals surface area contributed by atoms with Gasteiger partial charge in [-0.1, -0.05) is 18.2 Å². The number of rotatable bonds is 2. The average Bonchev–Trinajstić information content (AvgIpc) is 2.50. The molecule has 0 spiro atoms. The molecular formula is C9H8NO2Y-. The second-order valence-corrected chi connectivity index (χ2v) is 2.65. The van der Waals surface area contributed by atoms with Gasteiger partial charge in [-0.05, 0) is 6.07 Å². The van der Waals surface area contributed by atoms with Crippen molar-refractivity contribution in [2.75, 3.05) is 6.61 Å². The van der Waals surface area contributed by atoms with Gasteiger partial charge in [0.1, 0.15) is 12.4 Å². The summed E-state index contributed by atoms with van der Waals surface area (Å²) >= 11 is 0. The summed E-state index contributed by atoms with van der Waals surface area (Å²) in [5, 5.41) is 2.57. The summed E-state index contributed by atoms with van der Waals surface area (Å²) in [7, 11) is 0. The number of para-hydroxylation sites is 1. The van der Waals surface area contributed by atoms with Gasteiger partial charge in [-0.2, -0.15) is 6.41 Å². The minimum atomic E-state index is -0.0290. The fourth-order valence-electron chi connectivity index (χ4n) is 1.35. The summed E-state index contributed by atoms with van der Waals surface area (Å²) in [6, 6.07) is 7.64. The Morgan fingerprint density at radius 1 is 1.46 bits per heavy atom. The van der Waals surface area contributed by atoms with Crippen LogP contribution in [0.1, 0.15) is 11.6 Å². The third-order valence-electron chi connectivity index (χ3n) is 1.93. The SMILES string of the molecule is O=[C-]NC1COc2ccccc21.[Y]. The monoisotopic (exact) mass is 251 g/mol. The molecule has 0 saturated heterocycles. The van der Waals surface area contributed by atoms with E-state index in [1.807, 2.05) is 24.3 Å². The van der Waals surface area contributed by atoms with Crippen molar-refractivity contribution < 1.29 is 42.2 Å². The molecule has 1 aliphatic rings. The Morgan fingerprint density at radius 3 is 3.00 bits per heavy atom. The zero-order valence-corrected chi connectivity index (χ0v) is 9.83. The number of fused-ring (bicyclic) bond motifs is 1. The molecule has 2 rings (SSSR count). The van der Waals surface area contributed by atoms with Crippen molar-refractivity contribution >= 4 is 6.41 Å². The van der Waals surface area contributed by atoms with Gasteiger partial charge in [0.25, 0.3) is 0 Å². The molecule has 1 amide bonds. The molecule has 0 fully saturated rings. The molecule has 1 unspecified atom stereocenters. The van der Waals surface area contributed by atoms with E-state index in [-0.39, 0.29) is 38.8 Å². The van der Waals surface area contributed by atoms with Crippen LogP contribution in [0, 0.1) is 0 Å². The van der Waals surface area contributed by atoms with Crippen molar-refractivity contribution in [3.63, 3.8) is 0 Å². The van der Waals surface area contributed by atoms with Gasteiger partial charge in [0.05, 0.1) is 6.04 Å². The van der Waals surface area contributed by atoms with Crippen LogP contribution < -0.4 is 10.1 Å². The van der Waals surface area contributed by atoms with E-state index in [1.54, 1.807) is 6.41 Å². The van der Waals surface area contributed by atoms with Gasteiger partial charge < -0.3 is 14.8 Å². The number of ether oxygens (including phenoxy) is 1. The third kappa shape index (κ3) is 2.09. The molecule has 1 radical (unpaired) electrons. The van der Waals surface area contributed by atoms with Gasteiger partial charge >= 0.3 is 0 Å². The number of hydrogen-bond acceptors (Lipinski definition) is 2. The number of hydrogen-bond donors (Lipinski definition) is 1. The molecular weight excluding hydrogens is 243 g/mol. The van der Waals surface area contributed by atoms with E-state index in [4.69, 9.17) is 4.74 Å². The van der Waals surface area contributed by atoms with E-state index in [0.29, 0.717) is 6.61 Å². The van der Waals surface area contributed by atoms with Crippen molar-refractivity contribution in [3.8, 4) is 5.75 Å². The molecule has 0 bridgehead atoms. The van der Waals surface area contributed by atoms with Crippen LogP contribution in [0.2, 0.25) is 0 Å². The second kappa shape index (κ2) is 4.73. The van der Waals surface area contributed by atoms with Crippen molar-refractivity contribution in [2.24, 2.45) is 0 Å². The molecule has 1 atom stereocenters. The predicted molar refractivity (Wildman–Crippen MR) is 43.5 cm³/mol. The molecule has 3 nitrogen and oxygen atoms in total. The van der Waals surface area contributed by atoms with E-state index in [0.717, 1.165) is 11.3 Å². The standard InChI is InChI=1S/C9H8NO2.Y/c11-6-10-8-5-12-9-4-2-1-3-7(8)9;/h1-4,8H,5H2,(H,10,11);/q-1;. The topological polar surface area (TPSA) is 38.3 Å². The van der Waals surface area contributed by atoms with Crippen LogP contribution in [-0.4, -0.2) is 13.0 Å². The van der Waals surface area contributed by atoms with Gasteiger partial charge in [0.2, 0.25) is 0 Å².